The monoisotopic (exact) mass is 582 g/mol. The summed E-state index contributed by atoms with van der Waals surface area (Å²) < 4.78 is 15.4. The Bertz CT molecular complexity index is 2640. The second-order valence-electron chi connectivity index (χ2n) is 11.2. The van der Waals surface area contributed by atoms with E-state index in [0.717, 1.165) is 71.7 Å². The molecule has 0 bridgehead atoms. The maximum atomic E-state index is 6.48. The van der Waals surface area contributed by atoms with Crippen LogP contribution in [-0.2, 0) is 0 Å². The molecule has 6 aromatic carbocycles. The van der Waals surface area contributed by atoms with Crippen LogP contribution < -0.4 is 4.90 Å². The number of pyridine rings is 1. The van der Waals surface area contributed by atoms with E-state index in [9.17, 15) is 0 Å². The van der Waals surface area contributed by atoms with Crippen LogP contribution >= 0.6 is 11.3 Å². The normalized spacial score (nSPS) is 12.1. The van der Waals surface area contributed by atoms with Crippen LogP contribution in [0.15, 0.2) is 143 Å². The van der Waals surface area contributed by atoms with Gasteiger partial charge in [0.2, 0.25) is 0 Å². The van der Waals surface area contributed by atoms with Gasteiger partial charge in [-0.05, 0) is 53.9 Å². The minimum absolute atomic E-state index is 0.845. The van der Waals surface area contributed by atoms with Crippen LogP contribution in [0.4, 0.5) is 17.1 Å². The third kappa shape index (κ3) is 3.36. The van der Waals surface area contributed by atoms with Gasteiger partial charge in [-0.15, -0.1) is 11.3 Å². The van der Waals surface area contributed by atoms with Crippen molar-refractivity contribution in [3.05, 3.63) is 134 Å². The van der Waals surface area contributed by atoms with Crippen molar-refractivity contribution in [2.75, 3.05) is 4.90 Å². The van der Waals surface area contributed by atoms with Crippen LogP contribution in [0.5, 0.6) is 0 Å². The fraction of sp³-hybridized carbons (Fsp3) is 0. The average Bonchev–Trinajstić information content (AvgIpc) is 3.75. The molecule has 0 unspecified atom stereocenters. The molecule has 206 valence electrons. The largest absolute Gasteiger partial charge is 0.456 e. The topological polar surface area (TPSA) is 42.4 Å². The van der Waals surface area contributed by atoms with Crippen molar-refractivity contribution in [3.8, 4) is 0 Å². The zero-order chi connectivity index (χ0) is 28.8. The van der Waals surface area contributed by atoms with Crippen molar-refractivity contribution in [3.63, 3.8) is 0 Å². The summed E-state index contributed by atoms with van der Waals surface area (Å²) in [5, 5.41) is 9.13. The first-order valence-electron chi connectivity index (χ1n) is 14.6. The molecule has 0 fully saturated rings. The Morgan fingerprint density at radius 2 is 1.14 bits per heavy atom. The molecule has 0 radical (unpaired) electrons. The van der Waals surface area contributed by atoms with Crippen LogP contribution in [0.25, 0.3) is 74.8 Å². The summed E-state index contributed by atoms with van der Waals surface area (Å²) in [6, 6.07) is 42.6. The molecule has 0 atom stereocenters. The number of rotatable bonds is 3. The highest BCUT2D eigenvalue weighted by Crippen LogP contribution is 2.46. The van der Waals surface area contributed by atoms with E-state index in [2.05, 4.69) is 107 Å². The van der Waals surface area contributed by atoms with Gasteiger partial charge in [-0.25, -0.2) is 0 Å². The van der Waals surface area contributed by atoms with Crippen LogP contribution in [-0.4, -0.2) is 4.98 Å². The van der Waals surface area contributed by atoms with E-state index < -0.39 is 0 Å². The highest BCUT2D eigenvalue weighted by atomic mass is 32.1. The number of furan rings is 2. The van der Waals surface area contributed by atoms with E-state index in [1.807, 2.05) is 48.0 Å². The van der Waals surface area contributed by atoms with Crippen molar-refractivity contribution in [1.29, 1.82) is 0 Å². The van der Waals surface area contributed by atoms with Crippen LogP contribution in [0.3, 0.4) is 0 Å². The zero-order valence-corrected chi connectivity index (χ0v) is 24.1. The predicted molar refractivity (Wildman–Crippen MR) is 184 cm³/mol. The Labute approximate surface area is 255 Å². The number of aromatic nitrogens is 1. The van der Waals surface area contributed by atoms with Crippen molar-refractivity contribution in [2.45, 2.75) is 0 Å². The van der Waals surface area contributed by atoms with E-state index >= 15 is 0 Å². The molecule has 0 aliphatic rings. The SMILES string of the molecule is c1ccc2c(c1)oc1cc(N(c3ccc4c(c3)sc3ccccc34)c3cc4oc5ccccc5c4c4ccncc34)ccc12. The Morgan fingerprint density at radius 3 is 2.02 bits per heavy atom. The third-order valence-corrected chi connectivity index (χ3v) is 9.87. The van der Waals surface area contributed by atoms with E-state index in [-0.39, 0.29) is 0 Å². The highest BCUT2D eigenvalue weighted by molar-refractivity contribution is 7.25. The van der Waals surface area contributed by atoms with Gasteiger partial charge in [-0.1, -0.05) is 60.7 Å². The van der Waals surface area contributed by atoms with E-state index in [4.69, 9.17) is 8.83 Å². The van der Waals surface area contributed by atoms with Crippen molar-refractivity contribution >= 4 is 103 Å². The van der Waals surface area contributed by atoms with E-state index in [0.29, 0.717) is 0 Å². The summed E-state index contributed by atoms with van der Waals surface area (Å²) in [7, 11) is 0. The maximum Gasteiger partial charge on any atom is 0.138 e. The zero-order valence-electron chi connectivity index (χ0n) is 23.3. The molecular weight excluding hydrogens is 561 g/mol. The van der Waals surface area contributed by atoms with Gasteiger partial charge >= 0.3 is 0 Å². The quantitative estimate of drug-likeness (QED) is 0.208. The molecular formula is C39H22N2O2S. The summed E-state index contributed by atoms with van der Waals surface area (Å²) in [5.41, 5.74) is 6.51. The molecule has 0 saturated heterocycles. The molecule has 0 aliphatic carbocycles. The molecule has 0 spiro atoms. The molecule has 0 saturated carbocycles. The number of benzene rings is 6. The minimum atomic E-state index is 0.845. The molecule has 10 aromatic rings. The number of hydrogen-bond donors (Lipinski definition) is 0. The molecule has 44 heavy (non-hydrogen) atoms. The summed E-state index contributed by atoms with van der Waals surface area (Å²) in [5.74, 6) is 0. The van der Waals surface area contributed by atoms with Gasteiger partial charge in [0.25, 0.3) is 0 Å². The number of para-hydroxylation sites is 2. The highest BCUT2D eigenvalue weighted by Gasteiger charge is 2.22. The number of thiophene rings is 1. The van der Waals surface area contributed by atoms with Gasteiger partial charge < -0.3 is 13.7 Å². The second kappa shape index (κ2) is 8.93. The van der Waals surface area contributed by atoms with Gasteiger partial charge in [-0.2, -0.15) is 0 Å². The van der Waals surface area contributed by atoms with Crippen LogP contribution in [0.2, 0.25) is 0 Å². The molecule has 0 aliphatic heterocycles. The second-order valence-corrected chi connectivity index (χ2v) is 12.3. The van der Waals surface area contributed by atoms with Crippen molar-refractivity contribution in [1.82, 2.24) is 4.98 Å². The summed E-state index contributed by atoms with van der Waals surface area (Å²) in [6.45, 7) is 0. The molecule has 4 heterocycles. The Morgan fingerprint density at radius 1 is 0.477 bits per heavy atom. The molecule has 4 aromatic heterocycles. The molecule has 4 nitrogen and oxygen atoms in total. The summed E-state index contributed by atoms with van der Waals surface area (Å²) in [4.78, 5) is 6.91. The first-order chi connectivity index (χ1) is 21.8. The van der Waals surface area contributed by atoms with Gasteiger partial charge in [0, 0.05) is 83.0 Å². The standard InChI is InChI=1S/C39H22N2O2S/c1-4-10-33-25(7-1)26-15-13-23(19-35(26)42-33)41(24-14-16-28-27-8-3-6-12-37(27)44-38(28)20-24)32-21-36-39(29-17-18-40-22-31(29)32)30-9-2-5-11-34(30)43-36/h1-22H. The number of hydrogen-bond acceptors (Lipinski definition) is 5. The van der Waals surface area contributed by atoms with Crippen LogP contribution in [0.1, 0.15) is 0 Å². The van der Waals surface area contributed by atoms with Gasteiger partial charge in [0.05, 0.1) is 5.69 Å². The van der Waals surface area contributed by atoms with Crippen LogP contribution in [0, 0.1) is 0 Å². The lowest BCUT2D eigenvalue weighted by Gasteiger charge is -2.27. The number of fused-ring (bicyclic) bond motifs is 11. The Balaban J connectivity index is 1.29. The smallest absolute Gasteiger partial charge is 0.138 e. The number of nitrogens with zero attached hydrogens (tertiary/aromatic N) is 2. The molecule has 5 heteroatoms. The predicted octanol–water partition coefficient (Wildman–Crippen LogP) is 11.9. The minimum Gasteiger partial charge on any atom is -0.456 e. The Hall–Kier alpha value is -5.65. The fourth-order valence-corrected chi connectivity index (χ4v) is 7.92. The van der Waals surface area contributed by atoms with Crippen molar-refractivity contribution < 1.29 is 8.83 Å². The maximum absolute atomic E-state index is 6.48. The fourth-order valence-electron chi connectivity index (χ4n) is 6.78. The van der Waals surface area contributed by atoms with Crippen molar-refractivity contribution in [2.24, 2.45) is 0 Å². The summed E-state index contributed by atoms with van der Waals surface area (Å²) in [6.07, 6.45) is 3.83. The van der Waals surface area contributed by atoms with Gasteiger partial charge in [0.1, 0.15) is 22.3 Å². The Kier molecular flexibility index (Phi) is 4.84. The molecule has 0 N–H and O–H groups in total. The lowest BCUT2D eigenvalue weighted by Crippen LogP contribution is -2.10. The molecule has 10 rings (SSSR count). The third-order valence-electron chi connectivity index (χ3n) is 8.74. The first kappa shape index (κ1) is 23.9. The average molecular weight is 583 g/mol. The number of anilines is 3. The van der Waals surface area contributed by atoms with E-state index in [1.165, 1.54) is 20.2 Å². The van der Waals surface area contributed by atoms with Gasteiger partial charge in [0.15, 0.2) is 0 Å². The molecule has 0 amide bonds. The first-order valence-corrected chi connectivity index (χ1v) is 15.4. The lowest BCUT2D eigenvalue weighted by atomic mass is 10.0. The van der Waals surface area contributed by atoms with Gasteiger partial charge in [-0.3, -0.25) is 4.98 Å². The lowest BCUT2D eigenvalue weighted by molar-refractivity contribution is 0.669. The van der Waals surface area contributed by atoms with E-state index in [1.54, 1.807) is 0 Å². The summed E-state index contributed by atoms with van der Waals surface area (Å²) >= 11 is 1.82.